The van der Waals surface area contributed by atoms with Crippen LogP contribution in [-0.2, 0) is 20.7 Å². The van der Waals surface area contributed by atoms with Crippen LogP contribution in [0, 0.1) is 0 Å². The van der Waals surface area contributed by atoms with Gasteiger partial charge in [0, 0.05) is 0 Å². The van der Waals surface area contributed by atoms with Gasteiger partial charge in [-0.15, -0.1) is 0 Å². The summed E-state index contributed by atoms with van der Waals surface area (Å²) >= 11 is 0. The van der Waals surface area contributed by atoms with Crippen molar-refractivity contribution < 1.29 is 19.1 Å². The molecule has 208 valence electrons. The van der Waals surface area contributed by atoms with Gasteiger partial charge in [0.25, 0.3) is 0 Å². The van der Waals surface area contributed by atoms with Gasteiger partial charge in [-0.3, -0.25) is 4.79 Å². The minimum absolute atomic E-state index is 0.152. The van der Waals surface area contributed by atoms with Crippen molar-refractivity contribution in [1.82, 2.24) is 4.90 Å². The summed E-state index contributed by atoms with van der Waals surface area (Å²) in [6.07, 6.45) is -0.604. The Hall–Kier alpha value is -2.66. The van der Waals surface area contributed by atoms with E-state index < -0.39 is 23.8 Å². The molecule has 1 saturated heterocycles. The average Bonchev–Trinajstić information content (AvgIpc) is 3.11. The van der Waals surface area contributed by atoms with E-state index in [4.69, 9.17) is 9.47 Å². The summed E-state index contributed by atoms with van der Waals surface area (Å²) in [7, 11) is 0. The molecule has 3 rings (SSSR count). The standard InChI is InChI=1S/C33H47NO4/c1-20(2)25-17-26(21(3)4)31(27(18-25)22(5)6)23(7)37-29-19-30(35)34(32(36)38-33(8,9)10)28(29)16-24-14-12-11-13-15-24/h11-15,17-18,20-23,28-29H,16,19H2,1-10H3/t23-,28+,29+/m1/s1. The van der Waals surface area contributed by atoms with Crippen LogP contribution in [0.1, 0.15) is 127 Å². The minimum Gasteiger partial charge on any atom is -0.443 e. The summed E-state index contributed by atoms with van der Waals surface area (Å²) in [5, 5.41) is 0. The maximum Gasteiger partial charge on any atom is 0.417 e. The summed E-state index contributed by atoms with van der Waals surface area (Å²) in [5.74, 6) is 0.841. The fraction of sp³-hybridized carbons (Fsp3) is 0.576. The summed E-state index contributed by atoms with van der Waals surface area (Å²) in [4.78, 5) is 27.7. The molecule has 1 aliphatic rings. The van der Waals surface area contributed by atoms with E-state index in [0.29, 0.717) is 24.2 Å². The zero-order chi connectivity index (χ0) is 28.4. The van der Waals surface area contributed by atoms with Crippen molar-refractivity contribution in [3.8, 4) is 0 Å². The van der Waals surface area contributed by atoms with Gasteiger partial charge in [-0.1, -0.05) is 84.0 Å². The first-order chi connectivity index (χ1) is 17.7. The summed E-state index contributed by atoms with van der Waals surface area (Å²) in [6, 6.07) is 14.2. The van der Waals surface area contributed by atoms with Gasteiger partial charge in [-0.2, -0.15) is 0 Å². The quantitative estimate of drug-likeness (QED) is 0.351. The number of hydrogen-bond acceptors (Lipinski definition) is 4. The Morgan fingerprint density at radius 2 is 1.47 bits per heavy atom. The predicted octanol–water partition coefficient (Wildman–Crippen LogP) is 8.28. The maximum atomic E-state index is 13.2. The number of likely N-dealkylation sites (tertiary alicyclic amines) is 1. The van der Waals surface area contributed by atoms with Crippen LogP contribution in [0.5, 0.6) is 0 Å². The lowest BCUT2D eigenvalue weighted by Crippen LogP contribution is -2.46. The first-order valence-corrected chi connectivity index (χ1v) is 14.1. The zero-order valence-corrected chi connectivity index (χ0v) is 25.0. The van der Waals surface area contributed by atoms with E-state index in [9.17, 15) is 9.59 Å². The van der Waals surface area contributed by atoms with Crippen LogP contribution in [-0.4, -0.2) is 34.6 Å². The van der Waals surface area contributed by atoms with Gasteiger partial charge in [0.2, 0.25) is 5.91 Å². The summed E-state index contributed by atoms with van der Waals surface area (Å²) in [6.45, 7) is 20.9. The van der Waals surface area contributed by atoms with Gasteiger partial charge in [0.15, 0.2) is 0 Å². The van der Waals surface area contributed by atoms with Crippen molar-refractivity contribution in [2.24, 2.45) is 0 Å². The highest BCUT2D eigenvalue weighted by molar-refractivity contribution is 5.95. The van der Waals surface area contributed by atoms with Crippen LogP contribution in [0.3, 0.4) is 0 Å². The van der Waals surface area contributed by atoms with Crippen molar-refractivity contribution in [3.63, 3.8) is 0 Å². The minimum atomic E-state index is -0.697. The summed E-state index contributed by atoms with van der Waals surface area (Å²) < 4.78 is 12.4. The lowest BCUT2D eigenvalue weighted by atomic mass is 9.82. The van der Waals surface area contributed by atoms with Crippen molar-refractivity contribution >= 4 is 12.0 Å². The molecule has 3 atom stereocenters. The number of rotatable bonds is 8. The Morgan fingerprint density at radius 3 is 1.95 bits per heavy atom. The number of amides is 2. The third-order valence-corrected chi connectivity index (χ3v) is 7.25. The molecule has 2 amide bonds. The Kier molecular flexibility index (Phi) is 9.46. The van der Waals surface area contributed by atoms with Crippen LogP contribution in [0.15, 0.2) is 42.5 Å². The third-order valence-electron chi connectivity index (χ3n) is 7.25. The first kappa shape index (κ1) is 29.9. The Bertz CT molecular complexity index is 1080. The predicted molar refractivity (Wildman–Crippen MR) is 154 cm³/mol. The maximum absolute atomic E-state index is 13.2. The molecule has 2 aromatic carbocycles. The molecular formula is C33H47NO4. The number of carbonyl (C=O) groups is 2. The fourth-order valence-electron chi connectivity index (χ4n) is 5.33. The Labute approximate surface area is 229 Å². The first-order valence-electron chi connectivity index (χ1n) is 14.1. The van der Waals surface area contributed by atoms with Crippen molar-refractivity contribution in [3.05, 3.63) is 70.3 Å². The molecule has 38 heavy (non-hydrogen) atoms. The van der Waals surface area contributed by atoms with Crippen LogP contribution < -0.4 is 0 Å². The average molecular weight is 522 g/mol. The lowest BCUT2D eigenvalue weighted by molar-refractivity contribution is -0.128. The number of benzene rings is 2. The molecule has 0 N–H and O–H groups in total. The largest absolute Gasteiger partial charge is 0.443 e. The number of carbonyl (C=O) groups excluding carboxylic acids is 2. The SMILES string of the molecule is CC(C)c1cc(C(C)C)c([C@@H](C)O[C@H]2CC(=O)N(C(=O)OC(C)(C)C)[C@H]2Cc2ccccc2)c(C(C)C)c1. The highest BCUT2D eigenvalue weighted by Gasteiger charge is 2.46. The second kappa shape index (κ2) is 12.0. The van der Waals surface area contributed by atoms with E-state index in [1.54, 1.807) is 0 Å². The highest BCUT2D eigenvalue weighted by Crippen LogP contribution is 2.39. The fourth-order valence-corrected chi connectivity index (χ4v) is 5.33. The molecule has 0 aliphatic carbocycles. The van der Waals surface area contributed by atoms with E-state index in [2.05, 4.69) is 60.6 Å². The lowest BCUT2D eigenvalue weighted by Gasteiger charge is -2.32. The number of imide groups is 1. The van der Waals surface area contributed by atoms with E-state index in [1.165, 1.54) is 27.2 Å². The number of nitrogens with zero attached hydrogens (tertiary/aromatic N) is 1. The van der Waals surface area contributed by atoms with Crippen LogP contribution in [0.2, 0.25) is 0 Å². The normalized spacial score (nSPS) is 19.1. The van der Waals surface area contributed by atoms with Crippen molar-refractivity contribution in [1.29, 1.82) is 0 Å². The molecule has 1 heterocycles. The van der Waals surface area contributed by atoms with Crippen LogP contribution >= 0.6 is 0 Å². The van der Waals surface area contributed by atoms with Gasteiger partial charge >= 0.3 is 6.09 Å². The van der Waals surface area contributed by atoms with E-state index in [-0.39, 0.29) is 18.4 Å². The van der Waals surface area contributed by atoms with Gasteiger partial charge in [-0.05, 0) is 79.7 Å². The Morgan fingerprint density at radius 1 is 0.921 bits per heavy atom. The van der Waals surface area contributed by atoms with Crippen LogP contribution in [0.4, 0.5) is 4.79 Å². The van der Waals surface area contributed by atoms with Crippen LogP contribution in [0.25, 0.3) is 0 Å². The Balaban J connectivity index is 2.01. The highest BCUT2D eigenvalue weighted by atomic mass is 16.6. The topological polar surface area (TPSA) is 55.8 Å². The molecule has 1 aliphatic heterocycles. The molecule has 0 saturated carbocycles. The molecule has 5 nitrogen and oxygen atoms in total. The molecule has 2 aromatic rings. The second-order valence-electron chi connectivity index (χ2n) is 12.6. The molecule has 0 aromatic heterocycles. The molecule has 0 bridgehead atoms. The molecular weight excluding hydrogens is 474 g/mol. The van der Waals surface area contributed by atoms with Gasteiger partial charge < -0.3 is 9.47 Å². The molecule has 0 unspecified atom stereocenters. The van der Waals surface area contributed by atoms with E-state index in [0.717, 1.165) is 5.56 Å². The molecule has 1 fully saturated rings. The van der Waals surface area contributed by atoms with E-state index >= 15 is 0 Å². The monoisotopic (exact) mass is 521 g/mol. The molecule has 0 radical (unpaired) electrons. The van der Waals surface area contributed by atoms with Crippen molar-refractivity contribution in [2.45, 2.75) is 124 Å². The molecule has 5 heteroatoms. The summed E-state index contributed by atoms with van der Waals surface area (Å²) in [5.41, 5.74) is 5.48. The van der Waals surface area contributed by atoms with Gasteiger partial charge in [0.05, 0.1) is 24.7 Å². The number of hydrogen-bond donors (Lipinski definition) is 0. The zero-order valence-electron chi connectivity index (χ0n) is 25.0. The van der Waals surface area contributed by atoms with Crippen molar-refractivity contribution in [2.75, 3.05) is 0 Å². The van der Waals surface area contributed by atoms with Gasteiger partial charge in [0.1, 0.15) is 5.60 Å². The van der Waals surface area contributed by atoms with Gasteiger partial charge in [-0.25, -0.2) is 9.69 Å². The third kappa shape index (κ3) is 7.05. The number of ether oxygens (including phenoxy) is 2. The molecule has 0 spiro atoms. The van der Waals surface area contributed by atoms with E-state index in [1.807, 2.05) is 51.1 Å². The smallest absolute Gasteiger partial charge is 0.417 e. The second-order valence-corrected chi connectivity index (χ2v) is 12.6.